The minimum Gasteiger partial charge on any atom is -0.496 e. The zero-order valence-corrected chi connectivity index (χ0v) is 15.3. The fraction of sp³-hybridized carbons (Fsp3) is 0.636. The highest BCUT2D eigenvalue weighted by Crippen LogP contribution is 2.38. The van der Waals surface area contributed by atoms with E-state index in [2.05, 4.69) is 44.2 Å². The molecule has 128 valence electrons. The summed E-state index contributed by atoms with van der Waals surface area (Å²) in [6, 6.07) is 6.94. The summed E-state index contributed by atoms with van der Waals surface area (Å²) in [4.78, 5) is 0. The monoisotopic (exact) mass is 314 g/mol. The topological polar surface area (TPSA) is 9.23 Å². The van der Waals surface area contributed by atoms with Gasteiger partial charge in [0.15, 0.2) is 0 Å². The Hall–Kier alpha value is -1.24. The van der Waals surface area contributed by atoms with Gasteiger partial charge < -0.3 is 4.74 Å². The standard InChI is InChI=1S/C22H34O/c1-4-6-8-10-21-17-20(15-16-22(21)23-3)19-13-11-18(12-14-19)9-7-5-2/h5,7,15-19H,4,6,8-14H2,1-3H3/b7-5+. The lowest BCUT2D eigenvalue weighted by atomic mass is 9.77. The van der Waals surface area contributed by atoms with Crippen molar-refractivity contribution in [1.82, 2.24) is 0 Å². The number of allylic oxidation sites excluding steroid dienone is 2. The molecule has 1 nitrogen and oxygen atoms in total. The largest absolute Gasteiger partial charge is 0.496 e. The third-order valence-corrected chi connectivity index (χ3v) is 5.38. The zero-order valence-electron chi connectivity index (χ0n) is 15.3. The molecule has 0 saturated heterocycles. The molecule has 1 aliphatic carbocycles. The van der Waals surface area contributed by atoms with Gasteiger partial charge in [0, 0.05) is 0 Å². The minimum atomic E-state index is 0.757. The second kappa shape index (κ2) is 9.80. The van der Waals surface area contributed by atoms with Gasteiger partial charge in [-0.25, -0.2) is 0 Å². The normalized spacial score (nSPS) is 21.7. The van der Waals surface area contributed by atoms with Crippen molar-refractivity contribution in [3.05, 3.63) is 41.5 Å². The van der Waals surface area contributed by atoms with Crippen LogP contribution in [0.1, 0.15) is 82.3 Å². The van der Waals surface area contributed by atoms with Gasteiger partial charge in [0.25, 0.3) is 0 Å². The van der Waals surface area contributed by atoms with Crippen LogP contribution in [0.4, 0.5) is 0 Å². The lowest BCUT2D eigenvalue weighted by Gasteiger charge is -2.28. The Morgan fingerprint density at radius 2 is 1.91 bits per heavy atom. The van der Waals surface area contributed by atoms with E-state index in [1.807, 2.05) is 0 Å². The molecule has 1 aromatic carbocycles. The third kappa shape index (κ3) is 5.41. The molecule has 0 bridgehead atoms. The minimum absolute atomic E-state index is 0.757. The summed E-state index contributed by atoms with van der Waals surface area (Å²) >= 11 is 0. The maximum Gasteiger partial charge on any atom is 0.122 e. The van der Waals surface area contributed by atoms with Gasteiger partial charge in [-0.1, -0.05) is 44.1 Å². The molecule has 0 aromatic heterocycles. The molecule has 0 unspecified atom stereocenters. The van der Waals surface area contributed by atoms with Crippen LogP contribution in [0.5, 0.6) is 5.75 Å². The second-order valence-electron chi connectivity index (χ2n) is 7.05. The van der Waals surface area contributed by atoms with Crippen molar-refractivity contribution in [2.75, 3.05) is 7.11 Å². The molecule has 0 N–H and O–H groups in total. The number of benzene rings is 1. The predicted octanol–water partition coefficient (Wildman–Crippen LogP) is 6.67. The molecule has 0 radical (unpaired) electrons. The molecule has 1 heteroatoms. The Kier molecular flexibility index (Phi) is 7.71. The van der Waals surface area contributed by atoms with Crippen molar-refractivity contribution < 1.29 is 4.74 Å². The molecular formula is C22H34O. The van der Waals surface area contributed by atoms with Gasteiger partial charge in [-0.05, 0) is 80.9 Å². The van der Waals surface area contributed by atoms with Crippen LogP contribution in [-0.2, 0) is 6.42 Å². The summed E-state index contributed by atoms with van der Waals surface area (Å²) in [5, 5.41) is 0. The van der Waals surface area contributed by atoms with E-state index in [4.69, 9.17) is 4.74 Å². The first kappa shape index (κ1) is 18.1. The van der Waals surface area contributed by atoms with Crippen molar-refractivity contribution in [2.45, 2.75) is 77.6 Å². The lowest BCUT2D eigenvalue weighted by molar-refractivity contribution is 0.328. The molecule has 1 saturated carbocycles. The molecule has 0 aliphatic heterocycles. The zero-order chi connectivity index (χ0) is 16.5. The van der Waals surface area contributed by atoms with Crippen molar-refractivity contribution in [3.63, 3.8) is 0 Å². The number of rotatable bonds is 8. The van der Waals surface area contributed by atoms with E-state index < -0.39 is 0 Å². The number of methoxy groups -OCH3 is 1. The summed E-state index contributed by atoms with van der Waals surface area (Å²) in [6.45, 7) is 4.39. The number of hydrogen-bond donors (Lipinski definition) is 0. The van der Waals surface area contributed by atoms with Crippen molar-refractivity contribution in [3.8, 4) is 5.75 Å². The first-order valence-corrected chi connectivity index (χ1v) is 9.56. The fourth-order valence-electron chi connectivity index (χ4n) is 3.87. The van der Waals surface area contributed by atoms with Gasteiger partial charge in [0.05, 0.1) is 7.11 Å². The molecule has 0 atom stereocenters. The SMILES string of the molecule is C/C=C/CC1CCC(c2ccc(OC)c(CCCCC)c2)CC1. The number of ether oxygens (including phenoxy) is 1. The van der Waals surface area contributed by atoms with Gasteiger partial charge in [-0.2, -0.15) is 0 Å². The quantitative estimate of drug-likeness (QED) is 0.384. The van der Waals surface area contributed by atoms with E-state index in [-0.39, 0.29) is 0 Å². The summed E-state index contributed by atoms with van der Waals surface area (Å²) < 4.78 is 5.57. The highest BCUT2D eigenvalue weighted by atomic mass is 16.5. The average molecular weight is 315 g/mol. The first-order valence-electron chi connectivity index (χ1n) is 9.56. The van der Waals surface area contributed by atoms with Crippen molar-refractivity contribution in [1.29, 1.82) is 0 Å². The molecule has 1 fully saturated rings. The Morgan fingerprint density at radius 1 is 1.13 bits per heavy atom. The fourth-order valence-corrected chi connectivity index (χ4v) is 3.87. The average Bonchev–Trinajstić information content (AvgIpc) is 2.60. The van der Waals surface area contributed by atoms with E-state index >= 15 is 0 Å². The molecule has 23 heavy (non-hydrogen) atoms. The van der Waals surface area contributed by atoms with E-state index in [9.17, 15) is 0 Å². The summed E-state index contributed by atoms with van der Waals surface area (Å²) in [7, 11) is 1.80. The summed E-state index contributed by atoms with van der Waals surface area (Å²) in [5.74, 6) is 2.74. The van der Waals surface area contributed by atoms with Crippen LogP contribution in [0.3, 0.4) is 0 Å². The third-order valence-electron chi connectivity index (χ3n) is 5.38. The van der Waals surface area contributed by atoms with Crippen molar-refractivity contribution >= 4 is 0 Å². The Labute approximate surface area is 143 Å². The highest BCUT2D eigenvalue weighted by Gasteiger charge is 2.22. The van der Waals surface area contributed by atoms with Crippen LogP contribution < -0.4 is 4.74 Å². The highest BCUT2D eigenvalue weighted by molar-refractivity contribution is 5.39. The van der Waals surface area contributed by atoms with E-state index in [0.717, 1.165) is 24.0 Å². The van der Waals surface area contributed by atoms with Gasteiger partial charge >= 0.3 is 0 Å². The maximum atomic E-state index is 5.57. The van der Waals surface area contributed by atoms with Crippen LogP contribution >= 0.6 is 0 Å². The lowest BCUT2D eigenvalue weighted by Crippen LogP contribution is -2.13. The molecular weight excluding hydrogens is 280 g/mol. The second-order valence-corrected chi connectivity index (χ2v) is 7.05. The number of hydrogen-bond acceptors (Lipinski definition) is 1. The number of aryl methyl sites for hydroxylation is 1. The Balaban J connectivity index is 1.98. The summed E-state index contributed by atoms with van der Waals surface area (Å²) in [5.41, 5.74) is 2.95. The first-order chi connectivity index (χ1) is 11.3. The van der Waals surface area contributed by atoms with Gasteiger partial charge in [0.2, 0.25) is 0 Å². The summed E-state index contributed by atoms with van der Waals surface area (Å²) in [6.07, 6.45) is 16.3. The smallest absolute Gasteiger partial charge is 0.122 e. The van der Waals surface area contributed by atoms with E-state index in [1.54, 1.807) is 12.7 Å². The van der Waals surface area contributed by atoms with Crippen LogP contribution in [0.2, 0.25) is 0 Å². The van der Waals surface area contributed by atoms with E-state index in [1.165, 1.54) is 56.9 Å². The Morgan fingerprint density at radius 3 is 2.57 bits per heavy atom. The van der Waals surface area contributed by atoms with Crippen LogP contribution in [0.25, 0.3) is 0 Å². The van der Waals surface area contributed by atoms with Crippen LogP contribution in [0, 0.1) is 5.92 Å². The van der Waals surface area contributed by atoms with Gasteiger partial charge in [-0.15, -0.1) is 0 Å². The predicted molar refractivity (Wildman–Crippen MR) is 100 cm³/mol. The molecule has 1 aliphatic rings. The van der Waals surface area contributed by atoms with Gasteiger partial charge in [-0.3, -0.25) is 0 Å². The number of unbranched alkanes of at least 4 members (excludes halogenated alkanes) is 2. The Bertz CT molecular complexity index is 481. The maximum absolute atomic E-state index is 5.57. The molecule has 2 rings (SSSR count). The van der Waals surface area contributed by atoms with Crippen molar-refractivity contribution in [2.24, 2.45) is 5.92 Å². The molecule has 0 amide bonds. The van der Waals surface area contributed by atoms with Crippen LogP contribution in [-0.4, -0.2) is 7.11 Å². The van der Waals surface area contributed by atoms with Crippen LogP contribution in [0.15, 0.2) is 30.4 Å². The molecule has 1 aromatic rings. The molecule has 0 heterocycles. The van der Waals surface area contributed by atoms with Gasteiger partial charge in [0.1, 0.15) is 5.75 Å². The molecule has 0 spiro atoms. The van der Waals surface area contributed by atoms with E-state index in [0.29, 0.717) is 0 Å².